The van der Waals surface area contributed by atoms with Gasteiger partial charge in [0, 0.05) is 5.39 Å². The van der Waals surface area contributed by atoms with Gasteiger partial charge in [-0.1, -0.05) is 0 Å². The van der Waals surface area contributed by atoms with Crippen molar-refractivity contribution in [2.24, 2.45) is 0 Å². The number of aryl methyl sites for hydroxylation is 1. The van der Waals surface area contributed by atoms with E-state index in [-0.39, 0.29) is 5.28 Å². The van der Waals surface area contributed by atoms with Gasteiger partial charge in [0.15, 0.2) is 0 Å². The quantitative estimate of drug-likeness (QED) is 0.529. The van der Waals surface area contributed by atoms with E-state index in [9.17, 15) is 0 Å². The minimum Gasteiger partial charge on any atom is -0.439 e. The summed E-state index contributed by atoms with van der Waals surface area (Å²) in [5, 5.41) is 4.50. The molecule has 3 rings (SSSR count). The Labute approximate surface area is 110 Å². The Bertz CT molecular complexity index is 679. The SMILES string of the molecule is Cc1coc(Sc2nc(Cl)nc3sccc23)n1. The van der Waals surface area contributed by atoms with Crippen LogP contribution >= 0.6 is 34.7 Å². The largest absolute Gasteiger partial charge is 0.439 e. The zero-order valence-corrected chi connectivity index (χ0v) is 11.1. The van der Waals surface area contributed by atoms with Gasteiger partial charge in [0.05, 0.1) is 5.69 Å². The smallest absolute Gasteiger partial charge is 0.262 e. The van der Waals surface area contributed by atoms with E-state index in [2.05, 4.69) is 15.0 Å². The van der Waals surface area contributed by atoms with E-state index in [1.165, 1.54) is 23.1 Å². The molecule has 0 saturated carbocycles. The molecule has 7 heteroatoms. The fourth-order valence-corrected chi connectivity index (χ4v) is 3.30. The van der Waals surface area contributed by atoms with Crippen molar-refractivity contribution in [2.45, 2.75) is 17.2 Å². The predicted octanol–water partition coefficient (Wildman–Crippen LogP) is 3.79. The highest BCUT2D eigenvalue weighted by Crippen LogP contribution is 2.33. The van der Waals surface area contributed by atoms with Crippen LogP contribution in [0.5, 0.6) is 0 Å². The number of hydrogen-bond donors (Lipinski definition) is 0. The molecule has 17 heavy (non-hydrogen) atoms. The van der Waals surface area contributed by atoms with Crippen LogP contribution < -0.4 is 0 Å². The van der Waals surface area contributed by atoms with Crippen molar-refractivity contribution in [1.82, 2.24) is 15.0 Å². The molecule has 0 aliphatic heterocycles. The lowest BCUT2D eigenvalue weighted by molar-refractivity contribution is 0.454. The molecule has 3 heterocycles. The first-order valence-corrected chi connectivity index (χ1v) is 6.80. The van der Waals surface area contributed by atoms with Gasteiger partial charge in [0.1, 0.15) is 16.1 Å². The first kappa shape index (κ1) is 11.0. The zero-order valence-electron chi connectivity index (χ0n) is 8.68. The molecule has 0 aliphatic rings. The molecular weight excluding hydrogens is 278 g/mol. The lowest BCUT2D eigenvalue weighted by atomic mass is 10.4. The van der Waals surface area contributed by atoms with Crippen molar-refractivity contribution in [3.05, 3.63) is 28.7 Å². The van der Waals surface area contributed by atoms with E-state index in [1.54, 1.807) is 6.26 Å². The molecule has 0 aliphatic carbocycles. The van der Waals surface area contributed by atoms with Gasteiger partial charge in [-0.3, -0.25) is 0 Å². The van der Waals surface area contributed by atoms with E-state index < -0.39 is 0 Å². The molecule has 0 fully saturated rings. The molecule has 0 amide bonds. The summed E-state index contributed by atoms with van der Waals surface area (Å²) in [7, 11) is 0. The summed E-state index contributed by atoms with van der Waals surface area (Å²) in [6.45, 7) is 1.88. The van der Waals surface area contributed by atoms with E-state index >= 15 is 0 Å². The minimum absolute atomic E-state index is 0.241. The van der Waals surface area contributed by atoms with Crippen LogP contribution in [-0.2, 0) is 0 Å². The predicted molar refractivity (Wildman–Crippen MR) is 67.8 cm³/mol. The second-order valence-electron chi connectivity index (χ2n) is 3.29. The van der Waals surface area contributed by atoms with Crippen molar-refractivity contribution in [3.63, 3.8) is 0 Å². The Hall–Kier alpha value is -1.11. The summed E-state index contributed by atoms with van der Waals surface area (Å²) < 4.78 is 5.29. The minimum atomic E-state index is 0.241. The Morgan fingerprint density at radius 1 is 1.35 bits per heavy atom. The lowest BCUT2D eigenvalue weighted by Gasteiger charge is -1.98. The molecule has 3 aromatic rings. The summed E-state index contributed by atoms with van der Waals surface area (Å²) in [6.07, 6.45) is 1.61. The van der Waals surface area contributed by atoms with E-state index in [1.807, 2.05) is 18.4 Å². The van der Waals surface area contributed by atoms with Crippen LogP contribution in [-0.4, -0.2) is 15.0 Å². The van der Waals surface area contributed by atoms with Crippen LogP contribution in [0.25, 0.3) is 10.2 Å². The fourth-order valence-electron chi connectivity index (χ4n) is 1.34. The van der Waals surface area contributed by atoms with Gasteiger partial charge in [-0.25, -0.2) is 15.0 Å². The van der Waals surface area contributed by atoms with Gasteiger partial charge in [-0.15, -0.1) is 11.3 Å². The highest BCUT2D eigenvalue weighted by Gasteiger charge is 2.12. The van der Waals surface area contributed by atoms with Crippen LogP contribution in [0.3, 0.4) is 0 Å². The maximum atomic E-state index is 5.87. The fraction of sp³-hybridized carbons (Fsp3) is 0.100. The average Bonchev–Trinajstić information content (AvgIpc) is 2.87. The van der Waals surface area contributed by atoms with Crippen molar-refractivity contribution >= 4 is 44.9 Å². The van der Waals surface area contributed by atoms with Crippen molar-refractivity contribution in [1.29, 1.82) is 0 Å². The number of hydrogen-bond acceptors (Lipinski definition) is 6. The van der Waals surface area contributed by atoms with Gasteiger partial charge < -0.3 is 4.42 Å². The van der Waals surface area contributed by atoms with Gasteiger partial charge in [0.2, 0.25) is 5.28 Å². The third kappa shape index (κ3) is 2.15. The van der Waals surface area contributed by atoms with E-state index in [0.29, 0.717) is 5.22 Å². The number of oxazole rings is 1. The summed E-state index contributed by atoms with van der Waals surface area (Å²) >= 11 is 8.75. The van der Waals surface area contributed by atoms with Crippen molar-refractivity contribution < 1.29 is 4.42 Å². The summed E-state index contributed by atoms with van der Waals surface area (Å²) in [5.74, 6) is 0. The maximum absolute atomic E-state index is 5.87. The number of rotatable bonds is 2. The molecule has 0 aromatic carbocycles. The molecule has 4 nitrogen and oxygen atoms in total. The molecule has 86 valence electrons. The standard InChI is InChI=1S/C10H6ClN3OS2/c1-5-4-15-10(12-5)17-8-6-2-3-16-7(6)13-9(11)14-8/h2-4H,1H3. The summed E-state index contributed by atoms with van der Waals surface area (Å²) in [5.41, 5.74) is 0.842. The van der Waals surface area contributed by atoms with Gasteiger partial charge in [-0.2, -0.15) is 0 Å². The molecule has 0 N–H and O–H groups in total. The van der Waals surface area contributed by atoms with Gasteiger partial charge in [0.25, 0.3) is 5.22 Å². The first-order chi connectivity index (χ1) is 8.22. The Kier molecular flexibility index (Phi) is 2.78. The van der Waals surface area contributed by atoms with Crippen LogP contribution in [0.1, 0.15) is 5.69 Å². The molecule has 0 radical (unpaired) electrons. The van der Waals surface area contributed by atoms with E-state index in [4.69, 9.17) is 16.0 Å². The van der Waals surface area contributed by atoms with Crippen LogP contribution in [0.4, 0.5) is 0 Å². The van der Waals surface area contributed by atoms with Crippen molar-refractivity contribution in [3.8, 4) is 0 Å². The molecule has 0 bridgehead atoms. The second kappa shape index (κ2) is 4.29. The first-order valence-electron chi connectivity index (χ1n) is 4.73. The topological polar surface area (TPSA) is 51.8 Å². The number of halogens is 1. The number of nitrogens with zero attached hydrogens (tertiary/aromatic N) is 3. The monoisotopic (exact) mass is 283 g/mol. The maximum Gasteiger partial charge on any atom is 0.262 e. The van der Waals surface area contributed by atoms with E-state index in [0.717, 1.165) is 20.9 Å². The Morgan fingerprint density at radius 2 is 2.24 bits per heavy atom. The average molecular weight is 284 g/mol. The third-order valence-electron chi connectivity index (χ3n) is 2.04. The molecule has 3 aromatic heterocycles. The molecular formula is C10H6ClN3OS2. The Balaban J connectivity index is 2.07. The summed E-state index contributed by atoms with van der Waals surface area (Å²) in [6, 6.07) is 1.97. The lowest BCUT2D eigenvalue weighted by Crippen LogP contribution is -1.86. The summed E-state index contributed by atoms with van der Waals surface area (Å²) in [4.78, 5) is 13.4. The van der Waals surface area contributed by atoms with Gasteiger partial charge >= 0.3 is 0 Å². The van der Waals surface area contributed by atoms with Crippen molar-refractivity contribution in [2.75, 3.05) is 0 Å². The molecule has 0 saturated heterocycles. The number of aromatic nitrogens is 3. The highest BCUT2D eigenvalue weighted by atomic mass is 35.5. The normalized spacial score (nSPS) is 11.2. The third-order valence-corrected chi connectivity index (χ3v) is 3.89. The second-order valence-corrected chi connectivity index (χ2v) is 5.47. The molecule has 0 atom stereocenters. The zero-order chi connectivity index (χ0) is 11.8. The van der Waals surface area contributed by atoms with Crippen LogP contribution in [0, 0.1) is 6.92 Å². The van der Waals surface area contributed by atoms with Gasteiger partial charge in [-0.05, 0) is 41.7 Å². The molecule has 0 unspecified atom stereocenters. The van der Waals surface area contributed by atoms with Crippen LogP contribution in [0.15, 0.2) is 32.4 Å². The number of thiophene rings is 1. The number of fused-ring (bicyclic) bond motifs is 1. The Morgan fingerprint density at radius 3 is 3.00 bits per heavy atom. The molecule has 0 spiro atoms. The van der Waals surface area contributed by atoms with Crippen LogP contribution in [0.2, 0.25) is 5.28 Å². The highest BCUT2D eigenvalue weighted by molar-refractivity contribution is 7.99.